The molecule has 3 unspecified atom stereocenters. The largest absolute Gasteiger partial charge is 0.466 e. The predicted octanol–water partition coefficient (Wildman–Crippen LogP) is 5.45. The van der Waals surface area contributed by atoms with Crippen LogP contribution in [0.4, 0.5) is 13.2 Å². The number of rotatable bonds is 5. The number of hydrogen-bond donors (Lipinski definition) is 1. The fraction of sp³-hybridized carbons (Fsp3) is 0.733. The van der Waals surface area contributed by atoms with Crippen LogP contribution in [-0.2, 0) is 0 Å². The first-order valence-corrected chi connectivity index (χ1v) is 8.25. The fourth-order valence-electron chi connectivity index (χ4n) is 3.13. The Balaban J connectivity index is 2.15. The van der Waals surface area contributed by atoms with Crippen LogP contribution >= 0.6 is 15.9 Å². The smallest absolute Gasteiger partial charge is 0.391 e. The summed E-state index contributed by atoms with van der Waals surface area (Å²) in [7, 11) is 0. The van der Waals surface area contributed by atoms with Gasteiger partial charge in [-0.2, -0.15) is 13.2 Å². The molecule has 1 aliphatic rings. The third-order valence-corrected chi connectivity index (χ3v) is 4.85. The molecule has 1 aromatic rings. The Labute approximate surface area is 131 Å². The van der Waals surface area contributed by atoms with Crippen LogP contribution in [0.3, 0.4) is 0 Å². The normalized spacial score (nSPS) is 25.0. The van der Waals surface area contributed by atoms with Gasteiger partial charge in [0.15, 0.2) is 0 Å². The Morgan fingerprint density at radius 2 is 2.19 bits per heavy atom. The van der Waals surface area contributed by atoms with Gasteiger partial charge in [0.05, 0.1) is 22.7 Å². The molecule has 0 amide bonds. The molecule has 0 radical (unpaired) electrons. The van der Waals surface area contributed by atoms with Crippen molar-refractivity contribution in [2.45, 2.75) is 51.2 Å². The van der Waals surface area contributed by atoms with Crippen molar-refractivity contribution in [1.82, 2.24) is 5.32 Å². The van der Waals surface area contributed by atoms with E-state index in [-0.39, 0.29) is 24.8 Å². The molecule has 0 saturated heterocycles. The summed E-state index contributed by atoms with van der Waals surface area (Å²) in [6.45, 7) is 2.81. The molecule has 1 saturated carbocycles. The molecule has 0 bridgehead atoms. The molecule has 1 fully saturated rings. The monoisotopic (exact) mass is 367 g/mol. The Morgan fingerprint density at radius 1 is 1.43 bits per heavy atom. The highest BCUT2D eigenvalue weighted by molar-refractivity contribution is 9.10. The maximum Gasteiger partial charge on any atom is 0.391 e. The third kappa shape index (κ3) is 4.25. The molecule has 1 heterocycles. The summed E-state index contributed by atoms with van der Waals surface area (Å²) in [6, 6.07) is 1.64. The van der Waals surface area contributed by atoms with Crippen LogP contribution in [0.25, 0.3) is 0 Å². The van der Waals surface area contributed by atoms with Gasteiger partial charge in [-0.1, -0.05) is 13.3 Å². The average Bonchev–Trinajstić information content (AvgIpc) is 2.85. The van der Waals surface area contributed by atoms with Gasteiger partial charge in [-0.3, -0.25) is 0 Å². The zero-order valence-electron chi connectivity index (χ0n) is 12.0. The van der Waals surface area contributed by atoms with Crippen LogP contribution in [-0.4, -0.2) is 12.7 Å². The summed E-state index contributed by atoms with van der Waals surface area (Å²) < 4.78 is 45.3. The zero-order chi connectivity index (χ0) is 15.5. The van der Waals surface area contributed by atoms with E-state index in [0.717, 1.165) is 29.6 Å². The van der Waals surface area contributed by atoms with Crippen molar-refractivity contribution in [3.8, 4) is 0 Å². The number of alkyl halides is 3. The highest BCUT2D eigenvalue weighted by Crippen LogP contribution is 2.45. The minimum Gasteiger partial charge on any atom is -0.466 e. The third-order valence-electron chi connectivity index (χ3n) is 4.19. The van der Waals surface area contributed by atoms with E-state index >= 15 is 0 Å². The van der Waals surface area contributed by atoms with Crippen molar-refractivity contribution in [2.24, 2.45) is 11.8 Å². The summed E-state index contributed by atoms with van der Waals surface area (Å²) >= 11 is 3.42. The van der Waals surface area contributed by atoms with E-state index in [4.69, 9.17) is 4.42 Å². The van der Waals surface area contributed by atoms with Crippen molar-refractivity contribution in [1.29, 1.82) is 0 Å². The zero-order valence-corrected chi connectivity index (χ0v) is 13.6. The molecule has 0 spiro atoms. The number of halogens is 4. The minimum atomic E-state index is -4.09. The summed E-state index contributed by atoms with van der Waals surface area (Å²) in [5.41, 5.74) is 0. The van der Waals surface area contributed by atoms with E-state index in [2.05, 4.69) is 21.2 Å². The molecule has 1 N–H and O–H groups in total. The van der Waals surface area contributed by atoms with Crippen LogP contribution in [0.15, 0.2) is 21.2 Å². The molecule has 2 rings (SSSR count). The molecule has 0 aromatic carbocycles. The van der Waals surface area contributed by atoms with E-state index in [1.54, 1.807) is 12.3 Å². The van der Waals surface area contributed by atoms with Gasteiger partial charge in [-0.05, 0) is 60.1 Å². The fourth-order valence-corrected chi connectivity index (χ4v) is 3.58. The molecule has 3 atom stereocenters. The number of nitrogens with one attached hydrogen (secondary N) is 1. The van der Waals surface area contributed by atoms with Crippen LogP contribution in [0.1, 0.15) is 50.8 Å². The lowest BCUT2D eigenvalue weighted by Crippen LogP contribution is -2.36. The molecule has 1 aliphatic carbocycles. The Hall–Kier alpha value is -0.490. The van der Waals surface area contributed by atoms with Gasteiger partial charge in [-0.15, -0.1) is 0 Å². The Morgan fingerprint density at radius 3 is 2.76 bits per heavy atom. The van der Waals surface area contributed by atoms with Gasteiger partial charge in [0.2, 0.25) is 0 Å². The lowest BCUT2D eigenvalue weighted by atomic mass is 9.77. The Kier molecular flexibility index (Phi) is 5.77. The topological polar surface area (TPSA) is 25.2 Å². The van der Waals surface area contributed by atoms with E-state index in [1.165, 1.54) is 0 Å². The maximum absolute atomic E-state index is 13.0. The van der Waals surface area contributed by atoms with Gasteiger partial charge in [0.25, 0.3) is 0 Å². The number of furan rings is 1. The first-order chi connectivity index (χ1) is 9.93. The second kappa shape index (κ2) is 7.18. The first kappa shape index (κ1) is 16.9. The Bertz CT molecular complexity index is 446. The molecule has 21 heavy (non-hydrogen) atoms. The van der Waals surface area contributed by atoms with Crippen molar-refractivity contribution in [3.63, 3.8) is 0 Å². The van der Waals surface area contributed by atoms with Crippen molar-refractivity contribution in [2.75, 3.05) is 6.54 Å². The van der Waals surface area contributed by atoms with Crippen LogP contribution in [0, 0.1) is 11.8 Å². The van der Waals surface area contributed by atoms with Crippen molar-refractivity contribution in [3.05, 3.63) is 22.6 Å². The summed E-state index contributed by atoms with van der Waals surface area (Å²) in [6.07, 6.45) is 0.277. The lowest BCUT2D eigenvalue weighted by Gasteiger charge is -2.35. The summed E-state index contributed by atoms with van der Waals surface area (Å²) in [5, 5.41) is 3.36. The lowest BCUT2D eigenvalue weighted by molar-refractivity contribution is -0.186. The average molecular weight is 368 g/mol. The van der Waals surface area contributed by atoms with Crippen LogP contribution < -0.4 is 5.32 Å². The molecule has 6 heteroatoms. The van der Waals surface area contributed by atoms with Gasteiger partial charge in [0.1, 0.15) is 5.76 Å². The van der Waals surface area contributed by atoms with E-state index in [0.29, 0.717) is 6.42 Å². The number of hydrogen-bond acceptors (Lipinski definition) is 2. The highest BCUT2D eigenvalue weighted by Gasteiger charge is 2.44. The predicted molar refractivity (Wildman–Crippen MR) is 78.9 cm³/mol. The van der Waals surface area contributed by atoms with Gasteiger partial charge >= 0.3 is 6.18 Å². The molecule has 0 aliphatic heterocycles. The van der Waals surface area contributed by atoms with Crippen LogP contribution in [0.5, 0.6) is 0 Å². The van der Waals surface area contributed by atoms with Crippen LogP contribution in [0.2, 0.25) is 0 Å². The molecular formula is C15H21BrF3NO. The molecule has 1 aromatic heterocycles. The second-order valence-corrected chi connectivity index (χ2v) is 6.58. The van der Waals surface area contributed by atoms with Crippen molar-refractivity contribution >= 4 is 15.9 Å². The summed E-state index contributed by atoms with van der Waals surface area (Å²) in [4.78, 5) is 0. The van der Waals surface area contributed by atoms with E-state index in [9.17, 15) is 13.2 Å². The van der Waals surface area contributed by atoms with E-state index in [1.807, 2.05) is 6.92 Å². The first-order valence-electron chi connectivity index (χ1n) is 7.46. The standard InChI is InChI=1S/C15H21BrF3NO/c1-2-7-20-13(14-12(16)6-8-21-14)10-4-3-5-11(9-10)15(17,18)19/h6,8,10-11,13,20H,2-5,7,9H2,1H3. The van der Waals surface area contributed by atoms with Gasteiger partial charge in [-0.25, -0.2) is 0 Å². The highest BCUT2D eigenvalue weighted by atomic mass is 79.9. The summed E-state index contributed by atoms with van der Waals surface area (Å²) in [5.74, 6) is -0.508. The SMILES string of the molecule is CCCNC(c1occc1Br)C1CCCC(C(F)(F)F)C1. The molecule has 2 nitrogen and oxygen atoms in total. The van der Waals surface area contributed by atoms with Gasteiger partial charge in [0, 0.05) is 0 Å². The second-order valence-electron chi connectivity index (χ2n) is 5.73. The molecular weight excluding hydrogens is 347 g/mol. The molecule has 120 valence electrons. The quantitative estimate of drug-likeness (QED) is 0.748. The van der Waals surface area contributed by atoms with Crippen molar-refractivity contribution < 1.29 is 17.6 Å². The minimum absolute atomic E-state index is 0.0422. The maximum atomic E-state index is 13.0. The van der Waals surface area contributed by atoms with E-state index < -0.39 is 12.1 Å². The van der Waals surface area contributed by atoms with Gasteiger partial charge < -0.3 is 9.73 Å².